The van der Waals surface area contributed by atoms with Crippen molar-refractivity contribution in [2.24, 2.45) is 5.92 Å². The molecule has 140 valence electrons. The van der Waals surface area contributed by atoms with E-state index in [1.165, 1.54) is 29.7 Å². The lowest BCUT2D eigenvalue weighted by Crippen LogP contribution is -2.35. The van der Waals surface area contributed by atoms with Crippen LogP contribution in [0, 0.1) is 5.92 Å². The van der Waals surface area contributed by atoms with E-state index < -0.39 is 0 Å². The summed E-state index contributed by atoms with van der Waals surface area (Å²) in [7, 11) is 0. The van der Waals surface area contributed by atoms with Crippen molar-refractivity contribution >= 4 is 30.0 Å². The van der Waals surface area contributed by atoms with Gasteiger partial charge in [0.25, 0.3) is 0 Å². The first-order chi connectivity index (χ1) is 12.2. The Balaban J connectivity index is 0.00000196. The van der Waals surface area contributed by atoms with E-state index >= 15 is 0 Å². The van der Waals surface area contributed by atoms with Crippen LogP contribution >= 0.6 is 24.0 Å². The van der Waals surface area contributed by atoms with Gasteiger partial charge in [0, 0.05) is 55.9 Å². The van der Waals surface area contributed by atoms with Gasteiger partial charge in [0.05, 0.1) is 5.69 Å². The number of hydrogen-bond donors (Lipinski definition) is 0. The lowest BCUT2D eigenvalue weighted by Gasteiger charge is -2.32. The summed E-state index contributed by atoms with van der Waals surface area (Å²) >= 11 is 5.97. The monoisotopic (exact) mass is 392 g/mol. The van der Waals surface area contributed by atoms with E-state index in [-0.39, 0.29) is 12.4 Å². The molecule has 0 bridgehead atoms. The molecule has 2 aliphatic heterocycles. The van der Waals surface area contributed by atoms with Gasteiger partial charge in [-0.05, 0) is 36.5 Å². The van der Waals surface area contributed by atoms with Gasteiger partial charge in [0.1, 0.15) is 0 Å². The highest BCUT2D eigenvalue weighted by atomic mass is 35.5. The number of aromatic nitrogens is 2. The highest BCUT2D eigenvalue weighted by Gasteiger charge is 2.22. The number of halogens is 2. The normalized spacial score (nSPS) is 18.3. The molecule has 0 aliphatic carbocycles. The summed E-state index contributed by atoms with van der Waals surface area (Å²) in [6.07, 6.45) is 5.54. The van der Waals surface area contributed by atoms with Gasteiger partial charge in [-0.2, -0.15) is 0 Å². The minimum atomic E-state index is 0. The highest BCUT2D eigenvalue weighted by Crippen LogP contribution is 2.24. The molecule has 0 saturated carbocycles. The van der Waals surface area contributed by atoms with Crippen molar-refractivity contribution in [1.82, 2.24) is 14.9 Å². The maximum absolute atomic E-state index is 5.97. The van der Waals surface area contributed by atoms with Crippen molar-refractivity contribution < 1.29 is 0 Å². The van der Waals surface area contributed by atoms with E-state index in [4.69, 9.17) is 16.6 Å². The summed E-state index contributed by atoms with van der Waals surface area (Å²) in [5, 5.41) is 0.792. The van der Waals surface area contributed by atoms with Gasteiger partial charge in [-0.3, -0.25) is 4.90 Å². The first-order valence-electron chi connectivity index (χ1n) is 9.24. The second kappa shape index (κ2) is 8.55. The van der Waals surface area contributed by atoms with E-state index in [1.54, 1.807) is 0 Å². The quantitative estimate of drug-likeness (QED) is 0.776. The van der Waals surface area contributed by atoms with Crippen LogP contribution in [0.3, 0.4) is 0 Å². The lowest BCUT2D eigenvalue weighted by molar-refractivity contribution is 0.243. The highest BCUT2D eigenvalue weighted by molar-refractivity contribution is 6.30. The Labute approximate surface area is 167 Å². The molecule has 1 saturated heterocycles. The van der Waals surface area contributed by atoms with Gasteiger partial charge in [0.15, 0.2) is 0 Å². The van der Waals surface area contributed by atoms with E-state index in [2.05, 4.69) is 33.8 Å². The Morgan fingerprint density at radius 1 is 1.12 bits per heavy atom. The number of fused-ring (bicyclic) bond motifs is 1. The Kier molecular flexibility index (Phi) is 6.38. The maximum atomic E-state index is 5.97. The van der Waals surface area contributed by atoms with Gasteiger partial charge in [-0.15, -0.1) is 12.4 Å². The molecule has 4 nitrogen and oxygen atoms in total. The summed E-state index contributed by atoms with van der Waals surface area (Å²) in [6, 6.07) is 8.14. The summed E-state index contributed by atoms with van der Waals surface area (Å²) in [6.45, 7) is 7.42. The van der Waals surface area contributed by atoms with Crippen LogP contribution in [0.5, 0.6) is 0 Å². The predicted molar refractivity (Wildman–Crippen MR) is 109 cm³/mol. The van der Waals surface area contributed by atoms with Crippen molar-refractivity contribution in [3.63, 3.8) is 0 Å². The smallest absolute Gasteiger partial charge is 0.225 e. The van der Waals surface area contributed by atoms with Crippen molar-refractivity contribution in [2.45, 2.75) is 39.3 Å². The van der Waals surface area contributed by atoms with E-state index in [9.17, 15) is 0 Å². The van der Waals surface area contributed by atoms with Gasteiger partial charge >= 0.3 is 0 Å². The molecular formula is C20H26Cl2N4. The topological polar surface area (TPSA) is 32.3 Å². The van der Waals surface area contributed by atoms with Crippen molar-refractivity contribution in [1.29, 1.82) is 0 Å². The number of nitrogens with zero attached hydrogens (tertiary/aromatic N) is 4. The summed E-state index contributed by atoms with van der Waals surface area (Å²) in [5.41, 5.74) is 3.80. The van der Waals surface area contributed by atoms with Crippen LogP contribution in [0.15, 0.2) is 30.5 Å². The van der Waals surface area contributed by atoms with Crippen molar-refractivity contribution in [3.8, 4) is 0 Å². The second-order valence-corrected chi connectivity index (χ2v) is 7.84. The molecule has 0 amide bonds. The molecule has 0 unspecified atom stereocenters. The van der Waals surface area contributed by atoms with E-state index in [1.807, 2.05) is 18.3 Å². The fourth-order valence-corrected chi connectivity index (χ4v) is 3.83. The number of anilines is 1. The molecule has 26 heavy (non-hydrogen) atoms. The third kappa shape index (κ3) is 4.48. The minimum absolute atomic E-state index is 0. The van der Waals surface area contributed by atoms with Crippen LogP contribution in [0.2, 0.25) is 5.02 Å². The molecule has 6 heteroatoms. The maximum Gasteiger partial charge on any atom is 0.225 e. The van der Waals surface area contributed by atoms with Crippen LogP contribution in [0.1, 0.15) is 36.6 Å². The zero-order valence-electron chi connectivity index (χ0n) is 15.2. The second-order valence-electron chi connectivity index (χ2n) is 7.40. The molecular weight excluding hydrogens is 367 g/mol. The largest absolute Gasteiger partial charge is 0.341 e. The number of hydrogen-bond acceptors (Lipinski definition) is 4. The first kappa shape index (κ1) is 19.4. The molecule has 0 N–H and O–H groups in total. The van der Waals surface area contributed by atoms with Crippen molar-refractivity contribution in [2.75, 3.05) is 24.5 Å². The first-order valence-corrected chi connectivity index (χ1v) is 9.62. The fraction of sp³-hybridized carbons (Fsp3) is 0.500. The van der Waals surface area contributed by atoms with Crippen LogP contribution in [-0.4, -0.2) is 34.5 Å². The molecule has 1 fully saturated rings. The zero-order chi connectivity index (χ0) is 17.2. The Morgan fingerprint density at radius 2 is 1.85 bits per heavy atom. The van der Waals surface area contributed by atoms with Gasteiger partial charge in [-0.25, -0.2) is 9.97 Å². The lowest BCUT2D eigenvalue weighted by atomic mass is 9.99. The molecule has 3 heterocycles. The number of benzene rings is 1. The Hall–Kier alpha value is -1.36. The third-order valence-corrected chi connectivity index (χ3v) is 5.64. The molecule has 1 aromatic carbocycles. The molecule has 0 spiro atoms. The molecule has 2 aromatic rings. The standard InChI is InChI=1S/C20H25ClN4.ClH/c1-15-6-10-25(11-7-15)20-22-12-17-14-24(9-8-19(17)23-20)13-16-2-4-18(21)5-3-16;/h2-5,12,15H,6-11,13-14H2,1H3;1H. The summed E-state index contributed by atoms with van der Waals surface area (Å²) in [4.78, 5) is 14.4. The average Bonchev–Trinajstić information content (AvgIpc) is 2.64. The molecule has 2 aliphatic rings. The van der Waals surface area contributed by atoms with Gasteiger partial charge in [-0.1, -0.05) is 30.7 Å². The van der Waals surface area contributed by atoms with Crippen LogP contribution in [0.25, 0.3) is 0 Å². The fourth-order valence-electron chi connectivity index (χ4n) is 3.71. The van der Waals surface area contributed by atoms with Crippen LogP contribution in [0.4, 0.5) is 5.95 Å². The number of piperidine rings is 1. The summed E-state index contributed by atoms with van der Waals surface area (Å²) < 4.78 is 0. The number of rotatable bonds is 3. The zero-order valence-corrected chi connectivity index (χ0v) is 16.8. The van der Waals surface area contributed by atoms with E-state index in [0.717, 1.165) is 56.0 Å². The predicted octanol–water partition coefficient (Wildman–Crippen LogP) is 4.35. The molecule has 1 aromatic heterocycles. The molecule has 4 rings (SSSR count). The van der Waals surface area contributed by atoms with Crippen molar-refractivity contribution in [3.05, 3.63) is 52.3 Å². The molecule has 0 radical (unpaired) electrons. The van der Waals surface area contributed by atoms with E-state index in [0.29, 0.717) is 0 Å². The SMILES string of the molecule is CC1CCN(c2ncc3c(n2)CCN(Cc2ccc(Cl)cc2)C3)CC1.Cl. The minimum Gasteiger partial charge on any atom is -0.341 e. The van der Waals surface area contributed by atoms with Gasteiger partial charge < -0.3 is 4.90 Å². The average molecular weight is 393 g/mol. The third-order valence-electron chi connectivity index (χ3n) is 5.39. The summed E-state index contributed by atoms with van der Waals surface area (Å²) in [5.74, 6) is 1.76. The Bertz CT molecular complexity index is 727. The van der Waals surface area contributed by atoms with Crippen LogP contribution in [-0.2, 0) is 19.5 Å². The van der Waals surface area contributed by atoms with Gasteiger partial charge in [0.2, 0.25) is 5.95 Å². The Morgan fingerprint density at radius 3 is 2.58 bits per heavy atom. The molecule has 0 atom stereocenters. The van der Waals surface area contributed by atoms with Crippen LogP contribution < -0.4 is 4.90 Å².